The smallest absolute Gasteiger partial charge is 0.255 e. The Morgan fingerprint density at radius 1 is 1.67 bits per heavy atom. The Kier molecular flexibility index (Phi) is 2.79. The number of aromatic nitrogens is 2. The fourth-order valence-electron chi connectivity index (χ4n) is 0.710. The number of hydrogen-bond donors (Lipinski definition) is 1. The van der Waals surface area contributed by atoms with E-state index in [1.165, 1.54) is 0 Å². The van der Waals surface area contributed by atoms with Gasteiger partial charge in [-0.1, -0.05) is 0 Å². The number of nitrogens with one attached hydrogen (secondary N) is 1. The molecule has 12 heavy (non-hydrogen) atoms. The number of hydrogen-bond acceptors (Lipinski definition) is 4. The Bertz CT molecular complexity index is 267. The summed E-state index contributed by atoms with van der Waals surface area (Å²) in [6.07, 6.45) is 1.07. The van der Waals surface area contributed by atoms with Crippen LogP contribution in [0.1, 0.15) is 6.92 Å². The summed E-state index contributed by atoms with van der Waals surface area (Å²) >= 11 is 0. The minimum absolute atomic E-state index is 0.0168. The predicted molar refractivity (Wildman–Crippen MR) is 42.7 cm³/mol. The molecule has 0 aliphatic heterocycles. The van der Waals surface area contributed by atoms with Crippen LogP contribution in [0.5, 0.6) is 5.88 Å². The molecule has 1 rings (SSSR count). The summed E-state index contributed by atoms with van der Waals surface area (Å²) in [7, 11) is 1.66. The van der Waals surface area contributed by atoms with Crippen LogP contribution in [0.3, 0.4) is 0 Å². The number of ether oxygens (including phenoxy) is 1. The van der Waals surface area contributed by atoms with Gasteiger partial charge in [0.15, 0.2) is 0 Å². The maximum absolute atomic E-state index is 12.8. The van der Waals surface area contributed by atoms with E-state index in [-0.39, 0.29) is 5.88 Å². The fourth-order valence-corrected chi connectivity index (χ4v) is 0.710. The molecule has 0 saturated heterocycles. The second kappa shape index (κ2) is 3.85. The molecule has 0 aliphatic rings. The lowest BCUT2D eigenvalue weighted by Crippen LogP contribution is -2.02. The van der Waals surface area contributed by atoms with Gasteiger partial charge in [-0.15, -0.1) is 0 Å². The van der Waals surface area contributed by atoms with Gasteiger partial charge in [-0.25, -0.2) is 4.98 Å². The third kappa shape index (κ3) is 1.81. The van der Waals surface area contributed by atoms with Crippen LogP contribution in [0.2, 0.25) is 0 Å². The largest absolute Gasteiger partial charge is 0.476 e. The maximum atomic E-state index is 12.8. The summed E-state index contributed by atoms with van der Waals surface area (Å²) in [6.45, 7) is 2.15. The highest BCUT2D eigenvalue weighted by molar-refractivity contribution is 5.27. The van der Waals surface area contributed by atoms with Crippen molar-refractivity contribution in [3.8, 4) is 5.88 Å². The Balaban J connectivity index is 2.91. The van der Waals surface area contributed by atoms with Crippen LogP contribution in [-0.2, 0) is 0 Å². The topological polar surface area (TPSA) is 47.0 Å². The molecule has 1 aromatic rings. The van der Waals surface area contributed by atoms with E-state index in [4.69, 9.17) is 4.74 Å². The maximum Gasteiger partial charge on any atom is 0.255 e. The molecule has 0 spiro atoms. The number of nitrogens with zero attached hydrogens (tertiary/aromatic N) is 2. The van der Waals surface area contributed by atoms with Crippen LogP contribution in [-0.4, -0.2) is 23.6 Å². The molecule has 66 valence electrons. The molecule has 0 aliphatic carbocycles. The van der Waals surface area contributed by atoms with Crippen LogP contribution < -0.4 is 10.1 Å². The van der Waals surface area contributed by atoms with Crippen LogP contribution in [0.25, 0.3) is 0 Å². The lowest BCUT2D eigenvalue weighted by molar-refractivity contribution is 0.306. The van der Waals surface area contributed by atoms with Crippen LogP contribution in [0, 0.1) is 5.82 Å². The molecule has 0 aromatic carbocycles. The average molecular weight is 171 g/mol. The summed E-state index contributed by atoms with van der Waals surface area (Å²) in [4.78, 5) is 7.42. The van der Waals surface area contributed by atoms with Gasteiger partial charge >= 0.3 is 0 Å². The lowest BCUT2D eigenvalue weighted by atomic mass is 10.6. The van der Waals surface area contributed by atoms with Gasteiger partial charge in [0.25, 0.3) is 5.88 Å². The minimum Gasteiger partial charge on any atom is -0.476 e. The van der Waals surface area contributed by atoms with Gasteiger partial charge < -0.3 is 10.1 Å². The van der Waals surface area contributed by atoms with Crippen molar-refractivity contribution in [2.45, 2.75) is 6.92 Å². The molecule has 4 nitrogen and oxygen atoms in total. The van der Waals surface area contributed by atoms with Crippen molar-refractivity contribution in [1.82, 2.24) is 9.97 Å². The summed E-state index contributed by atoms with van der Waals surface area (Å²) < 4.78 is 17.7. The van der Waals surface area contributed by atoms with Crippen molar-refractivity contribution >= 4 is 5.95 Å². The Labute approximate surface area is 69.8 Å². The van der Waals surface area contributed by atoms with Crippen molar-refractivity contribution in [3.05, 3.63) is 12.0 Å². The molecule has 1 N–H and O–H groups in total. The number of halogens is 1. The van der Waals surface area contributed by atoms with E-state index in [1.807, 2.05) is 0 Å². The summed E-state index contributed by atoms with van der Waals surface area (Å²) in [5.41, 5.74) is 0. The van der Waals surface area contributed by atoms with E-state index in [0.29, 0.717) is 12.6 Å². The van der Waals surface area contributed by atoms with Gasteiger partial charge in [0.2, 0.25) is 11.8 Å². The highest BCUT2D eigenvalue weighted by Gasteiger charge is 2.05. The minimum atomic E-state index is -0.546. The third-order valence-electron chi connectivity index (χ3n) is 1.22. The van der Waals surface area contributed by atoms with E-state index in [9.17, 15) is 4.39 Å². The third-order valence-corrected chi connectivity index (χ3v) is 1.22. The van der Waals surface area contributed by atoms with Gasteiger partial charge in [-0.3, -0.25) is 0 Å². The highest BCUT2D eigenvalue weighted by Crippen LogP contribution is 2.13. The van der Waals surface area contributed by atoms with E-state index in [2.05, 4.69) is 15.3 Å². The Morgan fingerprint density at radius 3 is 3.00 bits per heavy atom. The van der Waals surface area contributed by atoms with Crippen molar-refractivity contribution < 1.29 is 9.13 Å². The van der Waals surface area contributed by atoms with Crippen LogP contribution >= 0.6 is 0 Å². The van der Waals surface area contributed by atoms with E-state index >= 15 is 0 Å². The van der Waals surface area contributed by atoms with Gasteiger partial charge in [0.1, 0.15) is 0 Å². The van der Waals surface area contributed by atoms with Crippen molar-refractivity contribution in [3.63, 3.8) is 0 Å². The van der Waals surface area contributed by atoms with Gasteiger partial charge in [0, 0.05) is 7.05 Å². The molecule has 0 atom stereocenters. The summed E-state index contributed by atoms with van der Waals surface area (Å²) in [5, 5.41) is 2.68. The zero-order valence-electron chi connectivity index (χ0n) is 6.97. The summed E-state index contributed by atoms with van der Waals surface area (Å²) in [5.74, 6) is -0.215. The van der Waals surface area contributed by atoms with E-state index < -0.39 is 5.82 Å². The number of anilines is 1. The second-order valence-electron chi connectivity index (χ2n) is 2.03. The molecule has 0 unspecified atom stereocenters. The molecule has 0 amide bonds. The lowest BCUT2D eigenvalue weighted by Gasteiger charge is -2.03. The van der Waals surface area contributed by atoms with Crippen molar-refractivity contribution in [1.29, 1.82) is 0 Å². The SMILES string of the molecule is CCOc1nc(NC)ncc1F. The Hall–Kier alpha value is -1.39. The van der Waals surface area contributed by atoms with Crippen LogP contribution in [0.4, 0.5) is 10.3 Å². The second-order valence-corrected chi connectivity index (χ2v) is 2.03. The van der Waals surface area contributed by atoms with Crippen molar-refractivity contribution in [2.75, 3.05) is 19.0 Å². The first-order valence-corrected chi connectivity index (χ1v) is 3.61. The molecule has 1 aromatic heterocycles. The van der Waals surface area contributed by atoms with Gasteiger partial charge in [-0.2, -0.15) is 9.37 Å². The zero-order valence-corrected chi connectivity index (χ0v) is 6.97. The first-order valence-electron chi connectivity index (χ1n) is 3.61. The normalized spacial score (nSPS) is 9.58. The average Bonchev–Trinajstić information content (AvgIpc) is 2.09. The molecule has 0 saturated carbocycles. The fraction of sp³-hybridized carbons (Fsp3) is 0.429. The van der Waals surface area contributed by atoms with E-state index in [0.717, 1.165) is 6.20 Å². The molecule has 0 radical (unpaired) electrons. The zero-order chi connectivity index (χ0) is 8.97. The first kappa shape index (κ1) is 8.70. The Morgan fingerprint density at radius 2 is 2.42 bits per heavy atom. The van der Waals surface area contributed by atoms with Crippen molar-refractivity contribution in [2.24, 2.45) is 0 Å². The molecule has 0 bridgehead atoms. The summed E-state index contributed by atoms with van der Waals surface area (Å²) in [6, 6.07) is 0. The molecule has 0 fully saturated rings. The van der Waals surface area contributed by atoms with Gasteiger partial charge in [-0.05, 0) is 6.92 Å². The van der Waals surface area contributed by atoms with Gasteiger partial charge in [0.05, 0.1) is 12.8 Å². The highest BCUT2D eigenvalue weighted by atomic mass is 19.1. The van der Waals surface area contributed by atoms with E-state index in [1.54, 1.807) is 14.0 Å². The first-order chi connectivity index (χ1) is 5.77. The molecular formula is C7H10FN3O. The standard InChI is InChI=1S/C7H10FN3O/c1-3-12-6-5(8)4-10-7(9-2)11-6/h4H,3H2,1-2H3,(H,9,10,11). The molecule has 5 heteroatoms. The molecular weight excluding hydrogens is 161 g/mol. The monoisotopic (exact) mass is 171 g/mol. The number of rotatable bonds is 3. The molecule has 1 heterocycles. The predicted octanol–water partition coefficient (Wildman–Crippen LogP) is 1.06. The van der Waals surface area contributed by atoms with Crippen LogP contribution in [0.15, 0.2) is 6.20 Å². The quantitative estimate of drug-likeness (QED) is 0.738.